The van der Waals surface area contributed by atoms with Gasteiger partial charge in [-0.25, -0.2) is 0 Å². The standard InChI is InChI=1S/C9H10ClNO/c1-5-7(10)3-4-8(11)9(5)6(2)12/h3-4H,11H2,1-2H3. The first-order valence-corrected chi connectivity index (χ1v) is 3.97. The van der Waals surface area contributed by atoms with Crippen LogP contribution in [0.5, 0.6) is 0 Å². The first-order valence-electron chi connectivity index (χ1n) is 3.59. The minimum Gasteiger partial charge on any atom is -0.398 e. The van der Waals surface area contributed by atoms with Crippen molar-refractivity contribution in [2.75, 3.05) is 5.73 Å². The highest BCUT2D eigenvalue weighted by molar-refractivity contribution is 6.32. The normalized spacial score (nSPS) is 9.92. The van der Waals surface area contributed by atoms with Gasteiger partial charge in [0.05, 0.1) is 0 Å². The highest BCUT2D eigenvalue weighted by atomic mass is 35.5. The van der Waals surface area contributed by atoms with Crippen LogP contribution in [-0.2, 0) is 0 Å². The molecule has 0 aliphatic carbocycles. The molecule has 64 valence electrons. The lowest BCUT2D eigenvalue weighted by atomic mass is 10.0. The maximum Gasteiger partial charge on any atom is 0.162 e. The molecule has 0 saturated heterocycles. The van der Waals surface area contributed by atoms with Crippen molar-refractivity contribution < 1.29 is 4.79 Å². The molecule has 0 spiro atoms. The summed E-state index contributed by atoms with van der Waals surface area (Å²) in [5.74, 6) is -0.0486. The van der Waals surface area contributed by atoms with Gasteiger partial charge in [0.2, 0.25) is 0 Å². The van der Waals surface area contributed by atoms with Crippen molar-refractivity contribution in [1.29, 1.82) is 0 Å². The van der Waals surface area contributed by atoms with Gasteiger partial charge in [0, 0.05) is 16.3 Å². The lowest BCUT2D eigenvalue weighted by molar-refractivity contribution is 0.101. The van der Waals surface area contributed by atoms with Crippen LogP contribution in [0.25, 0.3) is 0 Å². The van der Waals surface area contributed by atoms with Crippen LogP contribution in [-0.4, -0.2) is 5.78 Å². The van der Waals surface area contributed by atoms with E-state index in [-0.39, 0.29) is 5.78 Å². The number of nitrogen functional groups attached to an aromatic ring is 1. The molecule has 0 unspecified atom stereocenters. The quantitative estimate of drug-likeness (QED) is 0.537. The number of halogens is 1. The number of hydrogen-bond acceptors (Lipinski definition) is 2. The average molecular weight is 184 g/mol. The third-order valence-corrected chi connectivity index (χ3v) is 2.19. The Balaban J connectivity index is 3.43. The third-order valence-electron chi connectivity index (χ3n) is 1.78. The summed E-state index contributed by atoms with van der Waals surface area (Å²) in [5, 5.41) is 0.578. The monoisotopic (exact) mass is 183 g/mol. The SMILES string of the molecule is CC(=O)c1c(N)ccc(Cl)c1C. The van der Waals surface area contributed by atoms with Crippen molar-refractivity contribution in [3.63, 3.8) is 0 Å². The summed E-state index contributed by atoms with van der Waals surface area (Å²) in [5.41, 5.74) is 7.39. The van der Waals surface area contributed by atoms with Crippen molar-refractivity contribution in [3.05, 3.63) is 28.3 Å². The Hall–Kier alpha value is -1.02. The van der Waals surface area contributed by atoms with Crippen LogP contribution in [0.2, 0.25) is 5.02 Å². The molecule has 12 heavy (non-hydrogen) atoms. The Kier molecular flexibility index (Phi) is 2.38. The molecule has 0 saturated carbocycles. The van der Waals surface area contributed by atoms with Crippen molar-refractivity contribution in [1.82, 2.24) is 0 Å². The van der Waals surface area contributed by atoms with Gasteiger partial charge in [-0.05, 0) is 31.5 Å². The Bertz CT molecular complexity index is 334. The van der Waals surface area contributed by atoms with Crippen LogP contribution in [0, 0.1) is 6.92 Å². The van der Waals surface area contributed by atoms with E-state index in [9.17, 15) is 4.79 Å². The Morgan fingerprint density at radius 3 is 2.50 bits per heavy atom. The van der Waals surface area contributed by atoms with E-state index < -0.39 is 0 Å². The Labute approximate surface area is 76.3 Å². The number of nitrogens with two attached hydrogens (primary N) is 1. The van der Waals surface area contributed by atoms with Gasteiger partial charge in [-0.2, -0.15) is 0 Å². The molecule has 0 radical (unpaired) electrons. The molecule has 2 N–H and O–H groups in total. The van der Waals surface area contributed by atoms with Gasteiger partial charge >= 0.3 is 0 Å². The predicted octanol–water partition coefficient (Wildman–Crippen LogP) is 2.43. The highest BCUT2D eigenvalue weighted by Crippen LogP contribution is 2.24. The number of Topliss-reactive ketones (excluding diaryl/α,β-unsaturated/α-hetero) is 1. The summed E-state index contributed by atoms with van der Waals surface area (Å²) in [6.45, 7) is 3.27. The van der Waals surface area contributed by atoms with Crippen LogP contribution in [0.4, 0.5) is 5.69 Å². The number of ketones is 1. The van der Waals surface area contributed by atoms with Gasteiger partial charge in [-0.15, -0.1) is 0 Å². The van der Waals surface area contributed by atoms with Gasteiger partial charge < -0.3 is 5.73 Å². The molecule has 0 aliphatic heterocycles. The zero-order chi connectivity index (χ0) is 9.30. The highest BCUT2D eigenvalue weighted by Gasteiger charge is 2.10. The summed E-state index contributed by atoms with van der Waals surface area (Å²) in [7, 11) is 0. The first kappa shape index (κ1) is 9.07. The molecule has 0 bridgehead atoms. The lowest BCUT2D eigenvalue weighted by Crippen LogP contribution is -2.02. The van der Waals surface area contributed by atoms with Gasteiger partial charge in [0.1, 0.15) is 0 Å². The number of rotatable bonds is 1. The third kappa shape index (κ3) is 1.43. The largest absolute Gasteiger partial charge is 0.398 e. The zero-order valence-electron chi connectivity index (χ0n) is 7.02. The minimum absolute atomic E-state index is 0.0486. The van der Waals surface area contributed by atoms with Crippen molar-refractivity contribution in [3.8, 4) is 0 Å². The van der Waals surface area contributed by atoms with E-state index in [0.29, 0.717) is 16.3 Å². The van der Waals surface area contributed by atoms with Gasteiger partial charge in [-0.1, -0.05) is 11.6 Å². The Morgan fingerprint density at radius 2 is 2.08 bits per heavy atom. The molecule has 1 aromatic rings. The summed E-state index contributed by atoms with van der Waals surface area (Å²) in [6.07, 6.45) is 0. The molecule has 0 aromatic heterocycles. The van der Waals surface area contributed by atoms with Crippen molar-refractivity contribution in [2.45, 2.75) is 13.8 Å². The molecule has 1 aromatic carbocycles. The van der Waals surface area contributed by atoms with Crippen molar-refractivity contribution in [2.24, 2.45) is 0 Å². The van der Waals surface area contributed by atoms with E-state index in [4.69, 9.17) is 17.3 Å². The molecule has 0 fully saturated rings. The molecular formula is C9H10ClNO. The number of benzene rings is 1. The fourth-order valence-corrected chi connectivity index (χ4v) is 1.33. The van der Waals surface area contributed by atoms with E-state index in [1.807, 2.05) is 0 Å². The maximum absolute atomic E-state index is 11.1. The van der Waals surface area contributed by atoms with E-state index >= 15 is 0 Å². The summed E-state index contributed by atoms with van der Waals surface area (Å²) in [4.78, 5) is 11.1. The minimum atomic E-state index is -0.0486. The van der Waals surface area contributed by atoms with Crippen LogP contribution in [0.15, 0.2) is 12.1 Å². The molecule has 1 rings (SSSR count). The number of carbonyl (C=O) groups is 1. The average Bonchev–Trinajstić information content (AvgIpc) is 1.97. The molecule has 0 heterocycles. The lowest BCUT2D eigenvalue weighted by Gasteiger charge is -2.06. The topological polar surface area (TPSA) is 43.1 Å². The molecule has 0 amide bonds. The second-order valence-electron chi connectivity index (χ2n) is 2.69. The Morgan fingerprint density at radius 1 is 1.50 bits per heavy atom. The molecule has 2 nitrogen and oxygen atoms in total. The second-order valence-corrected chi connectivity index (χ2v) is 3.10. The van der Waals surface area contributed by atoms with Gasteiger partial charge in [0.25, 0.3) is 0 Å². The second kappa shape index (κ2) is 3.15. The van der Waals surface area contributed by atoms with E-state index in [1.54, 1.807) is 19.1 Å². The van der Waals surface area contributed by atoms with E-state index in [1.165, 1.54) is 6.92 Å². The summed E-state index contributed by atoms with van der Waals surface area (Å²) < 4.78 is 0. The van der Waals surface area contributed by atoms with Gasteiger partial charge in [-0.3, -0.25) is 4.79 Å². The van der Waals surface area contributed by atoms with Crippen LogP contribution in [0.3, 0.4) is 0 Å². The number of hydrogen-bond donors (Lipinski definition) is 1. The van der Waals surface area contributed by atoms with E-state index in [2.05, 4.69) is 0 Å². The zero-order valence-corrected chi connectivity index (χ0v) is 7.77. The number of anilines is 1. The van der Waals surface area contributed by atoms with E-state index in [0.717, 1.165) is 5.56 Å². The predicted molar refractivity (Wildman–Crippen MR) is 50.6 cm³/mol. The maximum atomic E-state index is 11.1. The summed E-state index contributed by atoms with van der Waals surface area (Å²) >= 11 is 5.82. The molecule has 0 atom stereocenters. The molecular weight excluding hydrogens is 174 g/mol. The molecule has 3 heteroatoms. The molecule has 0 aliphatic rings. The smallest absolute Gasteiger partial charge is 0.162 e. The van der Waals surface area contributed by atoms with Crippen LogP contribution >= 0.6 is 11.6 Å². The van der Waals surface area contributed by atoms with Gasteiger partial charge in [0.15, 0.2) is 5.78 Å². The number of carbonyl (C=O) groups excluding carboxylic acids is 1. The van der Waals surface area contributed by atoms with Crippen LogP contribution in [0.1, 0.15) is 22.8 Å². The first-order chi connectivity index (χ1) is 5.54. The fraction of sp³-hybridized carbons (Fsp3) is 0.222. The summed E-state index contributed by atoms with van der Waals surface area (Å²) in [6, 6.07) is 3.34. The fourth-order valence-electron chi connectivity index (χ4n) is 1.17. The van der Waals surface area contributed by atoms with Crippen molar-refractivity contribution >= 4 is 23.1 Å². The van der Waals surface area contributed by atoms with Crippen LogP contribution < -0.4 is 5.73 Å².